The topological polar surface area (TPSA) is 91.3 Å². The van der Waals surface area contributed by atoms with Crippen LogP contribution < -0.4 is 16.0 Å². The largest absolute Gasteiger partial charge is 0.326 e. The highest BCUT2D eigenvalue weighted by Gasteiger charge is 2.09. The monoisotopic (exact) mass is 422 g/mol. The molecule has 154 valence electrons. The average Bonchev–Trinajstić information content (AvgIpc) is 2.68. The molecule has 0 atom stereocenters. The minimum Gasteiger partial charge on any atom is -0.308 e. The molecule has 3 N–H and O–H groups in total. The number of rotatable bonds is 4. The molecule has 30 heavy (non-hydrogen) atoms. The van der Waals surface area contributed by atoms with Gasteiger partial charge in [-0.3, -0.25) is 10.6 Å². The van der Waals surface area contributed by atoms with E-state index in [2.05, 4.69) is 30.9 Å². The zero-order valence-electron chi connectivity index (χ0n) is 17.0. The van der Waals surface area contributed by atoms with E-state index in [1.165, 1.54) is 0 Å². The molecule has 0 spiro atoms. The number of aliphatic imine (C=N–C) groups is 1. The van der Waals surface area contributed by atoms with Crippen molar-refractivity contribution < 1.29 is 4.79 Å². The first kappa shape index (κ1) is 21.3. The van der Waals surface area contributed by atoms with E-state index in [1.807, 2.05) is 63.2 Å². The fraction of sp³-hybridized carbons (Fsp3) is 0.182. The van der Waals surface area contributed by atoms with Gasteiger partial charge in [-0.1, -0.05) is 41.4 Å². The standard InChI is InChI=1S/C22H23ClN6O/c1-14-4-10-19(11-5-14)27-22(30)29-20(24-13-17-6-8-18(23)9-7-17)28-21-25-15(2)12-16(3)26-21/h4-12H,13H2,1-3H3,(H3,24,25,26,27,28,29,30). The number of aromatic nitrogens is 2. The Morgan fingerprint density at radius 3 is 2.20 bits per heavy atom. The van der Waals surface area contributed by atoms with Crippen molar-refractivity contribution in [1.82, 2.24) is 15.3 Å². The maximum absolute atomic E-state index is 12.5. The number of hydrogen-bond donors (Lipinski definition) is 3. The second kappa shape index (κ2) is 9.84. The SMILES string of the molecule is Cc1ccc(NC(=O)NC(=NCc2ccc(Cl)cc2)Nc2nc(C)cc(C)n2)cc1. The Morgan fingerprint density at radius 2 is 1.57 bits per heavy atom. The molecule has 0 saturated carbocycles. The number of nitrogens with zero attached hydrogens (tertiary/aromatic N) is 3. The normalized spacial score (nSPS) is 11.1. The maximum Gasteiger partial charge on any atom is 0.326 e. The summed E-state index contributed by atoms with van der Waals surface area (Å²) in [5.41, 5.74) is 4.36. The molecule has 7 nitrogen and oxygen atoms in total. The number of nitrogens with one attached hydrogen (secondary N) is 3. The average molecular weight is 423 g/mol. The van der Waals surface area contributed by atoms with Crippen LogP contribution in [0.25, 0.3) is 0 Å². The highest BCUT2D eigenvalue weighted by Crippen LogP contribution is 2.11. The summed E-state index contributed by atoms with van der Waals surface area (Å²) >= 11 is 5.94. The zero-order chi connectivity index (χ0) is 21.5. The minimum absolute atomic E-state index is 0.236. The van der Waals surface area contributed by atoms with Gasteiger partial charge in [0.05, 0.1) is 6.54 Å². The van der Waals surface area contributed by atoms with Gasteiger partial charge in [-0.15, -0.1) is 0 Å². The molecule has 0 aliphatic carbocycles. The molecule has 0 radical (unpaired) electrons. The van der Waals surface area contributed by atoms with Crippen molar-refractivity contribution in [3.05, 3.63) is 82.1 Å². The molecule has 0 aliphatic rings. The van der Waals surface area contributed by atoms with E-state index in [9.17, 15) is 4.79 Å². The lowest BCUT2D eigenvalue weighted by molar-refractivity contribution is 0.256. The van der Waals surface area contributed by atoms with Gasteiger partial charge in [0.25, 0.3) is 0 Å². The highest BCUT2D eigenvalue weighted by atomic mass is 35.5. The molecule has 0 aliphatic heterocycles. The first-order valence-electron chi connectivity index (χ1n) is 9.40. The molecule has 2 amide bonds. The summed E-state index contributed by atoms with van der Waals surface area (Å²) in [6.07, 6.45) is 0. The molecule has 0 unspecified atom stereocenters. The summed E-state index contributed by atoms with van der Waals surface area (Å²) in [5.74, 6) is 0.595. The second-order valence-electron chi connectivity index (χ2n) is 6.84. The summed E-state index contributed by atoms with van der Waals surface area (Å²) in [6, 6.07) is 16.3. The Hall–Kier alpha value is -3.45. The van der Waals surface area contributed by atoms with Gasteiger partial charge in [-0.2, -0.15) is 0 Å². The van der Waals surface area contributed by atoms with Crippen LogP contribution in [0.5, 0.6) is 0 Å². The van der Waals surface area contributed by atoms with E-state index in [0.29, 0.717) is 23.2 Å². The van der Waals surface area contributed by atoms with Gasteiger partial charge in [0, 0.05) is 22.1 Å². The van der Waals surface area contributed by atoms with Crippen LogP contribution in [-0.2, 0) is 6.54 Å². The van der Waals surface area contributed by atoms with Crippen LogP contribution in [0, 0.1) is 20.8 Å². The minimum atomic E-state index is -0.425. The van der Waals surface area contributed by atoms with Crippen molar-refractivity contribution in [2.24, 2.45) is 4.99 Å². The second-order valence-corrected chi connectivity index (χ2v) is 7.27. The third kappa shape index (κ3) is 6.56. The Labute approximate surface area is 180 Å². The Kier molecular flexibility index (Phi) is 6.98. The summed E-state index contributed by atoms with van der Waals surface area (Å²) in [5, 5.41) is 9.17. The van der Waals surface area contributed by atoms with Gasteiger partial charge < -0.3 is 5.32 Å². The van der Waals surface area contributed by atoms with E-state index < -0.39 is 6.03 Å². The summed E-state index contributed by atoms with van der Waals surface area (Å²) < 4.78 is 0. The van der Waals surface area contributed by atoms with E-state index in [1.54, 1.807) is 12.1 Å². The number of guanidine groups is 1. The first-order chi connectivity index (χ1) is 14.4. The van der Waals surface area contributed by atoms with Crippen molar-refractivity contribution in [3.63, 3.8) is 0 Å². The lowest BCUT2D eigenvalue weighted by Crippen LogP contribution is -2.39. The molecule has 1 heterocycles. The quantitative estimate of drug-likeness (QED) is 0.414. The molecule has 3 aromatic rings. The van der Waals surface area contributed by atoms with E-state index in [-0.39, 0.29) is 5.96 Å². The number of amides is 2. The van der Waals surface area contributed by atoms with Crippen LogP contribution in [0.1, 0.15) is 22.5 Å². The van der Waals surface area contributed by atoms with Crippen LogP contribution in [0.15, 0.2) is 59.6 Å². The summed E-state index contributed by atoms with van der Waals surface area (Å²) in [6.45, 7) is 6.08. The molecule has 2 aromatic carbocycles. The number of carbonyl (C=O) groups excluding carboxylic acids is 1. The number of halogens is 1. The van der Waals surface area contributed by atoms with Crippen LogP contribution in [0.3, 0.4) is 0 Å². The van der Waals surface area contributed by atoms with E-state index >= 15 is 0 Å². The van der Waals surface area contributed by atoms with Gasteiger partial charge >= 0.3 is 6.03 Å². The fourth-order valence-corrected chi connectivity index (χ4v) is 2.79. The smallest absolute Gasteiger partial charge is 0.308 e. The van der Waals surface area contributed by atoms with Gasteiger partial charge in [-0.25, -0.2) is 19.8 Å². The van der Waals surface area contributed by atoms with Gasteiger partial charge in [0.15, 0.2) is 0 Å². The van der Waals surface area contributed by atoms with Crippen molar-refractivity contribution >= 4 is 35.2 Å². The van der Waals surface area contributed by atoms with Crippen LogP contribution in [0.2, 0.25) is 5.02 Å². The molecular weight excluding hydrogens is 400 g/mol. The summed E-state index contributed by atoms with van der Waals surface area (Å²) in [4.78, 5) is 25.7. The van der Waals surface area contributed by atoms with Crippen molar-refractivity contribution in [1.29, 1.82) is 0 Å². The molecule has 3 rings (SSSR count). The number of carbonyl (C=O) groups is 1. The van der Waals surface area contributed by atoms with Crippen molar-refractivity contribution in [2.75, 3.05) is 10.6 Å². The Bertz CT molecular complexity index is 1030. The summed E-state index contributed by atoms with van der Waals surface area (Å²) in [7, 11) is 0. The van der Waals surface area contributed by atoms with Crippen LogP contribution in [0.4, 0.5) is 16.4 Å². The van der Waals surface area contributed by atoms with Gasteiger partial charge in [0.1, 0.15) is 0 Å². The first-order valence-corrected chi connectivity index (χ1v) is 9.78. The Balaban J connectivity index is 1.76. The Morgan fingerprint density at radius 1 is 0.933 bits per heavy atom. The number of hydrogen-bond acceptors (Lipinski definition) is 4. The third-order valence-corrected chi connectivity index (χ3v) is 4.34. The van der Waals surface area contributed by atoms with Crippen LogP contribution >= 0.6 is 11.6 Å². The van der Waals surface area contributed by atoms with Gasteiger partial charge in [0.2, 0.25) is 11.9 Å². The number of benzene rings is 2. The molecule has 8 heteroatoms. The number of aryl methyl sites for hydroxylation is 3. The molecule has 0 saturated heterocycles. The maximum atomic E-state index is 12.5. The number of urea groups is 1. The third-order valence-electron chi connectivity index (χ3n) is 4.09. The lowest BCUT2D eigenvalue weighted by atomic mass is 10.2. The molecular formula is C22H23ClN6O. The fourth-order valence-electron chi connectivity index (χ4n) is 2.66. The van der Waals surface area contributed by atoms with E-state index in [0.717, 1.165) is 22.5 Å². The van der Waals surface area contributed by atoms with E-state index in [4.69, 9.17) is 11.6 Å². The lowest BCUT2D eigenvalue weighted by Gasteiger charge is -2.12. The molecule has 1 aromatic heterocycles. The zero-order valence-corrected chi connectivity index (χ0v) is 17.8. The molecule has 0 fully saturated rings. The number of anilines is 2. The predicted octanol–water partition coefficient (Wildman–Crippen LogP) is 4.85. The highest BCUT2D eigenvalue weighted by molar-refractivity contribution is 6.30. The predicted molar refractivity (Wildman–Crippen MR) is 121 cm³/mol. The van der Waals surface area contributed by atoms with Gasteiger partial charge in [-0.05, 0) is 56.7 Å². The van der Waals surface area contributed by atoms with Crippen LogP contribution in [-0.4, -0.2) is 22.0 Å². The van der Waals surface area contributed by atoms with Crippen molar-refractivity contribution in [3.8, 4) is 0 Å². The molecule has 0 bridgehead atoms. The van der Waals surface area contributed by atoms with Crippen molar-refractivity contribution in [2.45, 2.75) is 27.3 Å².